The smallest absolute Gasteiger partial charge is 0.241 e. The standard InChI is InChI=1S/C18H26N6O/c1-23(2)17(25)14-21-18(20-13-16-10-12-22-24(16)3)19-11-9-15-7-5-4-6-8-15/h4-8,10,12H,9,11,13-14H2,1-3H3,(H2,19,20,21). The van der Waals surface area contributed by atoms with Crippen molar-refractivity contribution in [3.8, 4) is 0 Å². The van der Waals surface area contributed by atoms with Crippen molar-refractivity contribution in [2.45, 2.75) is 13.0 Å². The van der Waals surface area contributed by atoms with E-state index >= 15 is 0 Å². The highest BCUT2D eigenvalue weighted by Gasteiger charge is 2.06. The number of guanidine groups is 1. The van der Waals surface area contributed by atoms with Crippen molar-refractivity contribution in [1.82, 2.24) is 25.3 Å². The number of rotatable bonds is 7. The minimum atomic E-state index is -0.00177. The Balaban J connectivity index is 1.93. The molecule has 0 saturated carbocycles. The molecule has 7 heteroatoms. The molecule has 0 aliphatic heterocycles. The molecule has 2 rings (SSSR count). The molecule has 0 aliphatic carbocycles. The zero-order valence-corrected chi connectivity index (χ0v) is 15.1. The van der Waals surface area contributed by atoms with Crippen LogP contribution in [0, 0.1) is 0 Å². The summed E-state index contributed by atoms with van der Waals surface area (Å²) in [5, 5.41) is 10.5. The Bertz CT molecular complexity index is 693. The summed E-state index contributed by atoms with van der Waals surface area (Å²) in [7, 11) is 5.36. The SMILES string of the molecule is CN(C)C(=O)CNC(=NCc1ccnn1C)NCCc1ccccc1. The highest BCUT2D eigenvalue weighted by Crippen LogP contribution is 1.99. The summed E-state index contributed by atoms with van der Waals surface area (Å²) in [6.07, 6.45) is 2.63. The van der Waals surface area contributed by atoms with Gasteiger partial charge in [-0.2, -0.15) is 5.10 Å². The number of aromatic nitrogens is 2. The number of carbonyl (C=O) groups is 1. The summed E-state index contributed by atoms with van der Waals surface area (Å²) in [5.41, 5.74) is 2.26. The number of benzene rings is 1. The zero-order chi connectivity index (χ0) is 18.1. The number of hydrogen-bond acceptors (Lipinski definition) is 3. The Kier molecular flexibility index (Phi) is 7.00. The van der Waals surface area contributed by atoms with E-state index in [0.717, 1.165) is 18.7 Å². The molecular formula is C18H26N6O. The van der Waals surface area contributed by atoms with Crippen molar-refractivity contribution in [3.63, 3.8) is 0 Å². The third-order valence-corrected chi connectivity index (χ3v) is 3.78. The third kappa shape index (κ3) is 6.29. The number of hydrogen-bond donors (Lipinski definition) is 2. The molecule has 0 bridgehead atoms. The van der Waals surface area contributed by atoms with E-state index in [0.29, 0.717) is 12.5 Å². The van der Waals surface area contributed by atoms with Gasteiger partial charge in [0.25, 0.3) is 0 Å². The molecule has 7 nitrogen and oxygen atoms in total. The number of nitrogens with zero attached hydrogens (tertiary/aromatic N) is 4. The van der Waals surface area contributed by atoms with Crippen LogP contribution in [0.4, 0.5) is 0 Å². The lowest BCUT2D eigenvalue weighted by molar-refractivity contribution is -0.127. The van der Waals surface area contributed by atoms with Gasteiger partial charge in [-0.15, -0.1) is 0 Å². The third-order valence-electron chi connectivity index (χ3n) is 3.78. The van der Waals surface area contributed by atoms with Gasteiger partial charge in [0, 0.05) is 33.9 Å². The van der Waals surface area contributed by atoms with Gasteiger partial charge in [0.2, 0.25) is 5.91 Å². The molecule has 134 valence electrons. The molecule has 0 spiro atoms. The van der Waals surface area contributed by atoms with Crippen molar-refractivity contribution in [3.05, 3.63) is 53.9 Å². The van der Waals surface area contributed by atoms with Crippen molar-refractivity contribution in [2.75, 3.05) is 27.2 Å². The summed E-state index contributed by atoms with van der Waals surface area (Å²) in [4.78, 5) is 17.9. The average Bonchev–Trinajstić information content (AvgIpc) is 3.02. The summed E-state index contributed by atoms with van der Waals surface area (Å²) in [5.74, 6) is 0.616. The first kappa shape index (κ1) is 18.5. The molecule has 25 heavy (non-hydrogen) atoms. The van der Waals surface area contributed by atoms with E-state index in [2.05, 4.69) is 32.9 Å². The van der Waals surface area contributed by atoms with Crippen LogP contribution in [0.1, 0.15) is 11.3 Å². The molecule has 0 fully saturated rings. The first-order chi connectivity index (χ1) is 12.1. The number of aryl methyl sites for hydroxylation is 1. The normalized spacial score (nSPS) is 11.2. The van der Waals surface area contributed by atoms with Gasteiger partial charge in [0.1, 0.15) is 0 Å². The quantitative estimate of drug-likeness (QED) is 0.576. The van der Waals surface area contributed by atoms with Gasteiger partial charge in [-0.25, -0.2) is 4.99 Å². The van der Waals surface area contributed by atoms with Gasteiger partial charge in [-0.3, -0.25) is 9.48 Å². The largest absolute Gasteiger partial charge is 0.356 e. The minimum absolute atomic E-state index is 0.00177. The summed E-state index contributed by atoms with van der Waals surface area (Å²) in [6, 6.07) is 12.2. The van der Waals surface area contributed by atoms with E-state index in [1.165, 1.54) is 5.56 Å². The zero-order valence-electron chi connectivity index (χ0n) is 15.1. The van der Waals surface area contributed by atoms with Crippen molar-refractivity contribution in [2.24, 2.45) is 12.0 Å². The van der Waals surface area contributed by atoms with Crippen LogP contribution in [0.3, 0.4) is 0 Å². The van der Waals surface area contributed by atoms with E-state index in [4.69, 9.17) is 0 Å². The molecule has 2 aromatic rings. The number of aliphatic imine (C=N–C) groups is 1. The lowest BCUT2D eigenvalue weighted by Crippen LogP contribution is -2.43. The number of carbonyl (C=O) groups excluding carboxylic acids is 1. The maximum Gasteiger partial charge on any atom is 0.241 e. The Morgan fingerprint density at radius 2 is 1.96 bits per heavy atom. The molecule has 1 heterocycles. The molecular weight excluding hydrogens is 316 g/mol. The van der Waals surface area contributed by atoms with Gasteiger partial charge in [-0.05, 0) is 18.1 Å². The van der Waals surface area contributed by atoms with Gasteiger partial charge in [-0.1, -0.05) is 30.3 Å². The lowest BCUT2D eigenvalue weighted by Gasteiger charge is -2.15. The summed E-state index contributed by atoms with van der Waals surface area (Å²) >= 11 is 0. The molecule has 1 aromatic carbocycles. The van der Waals surface area contributed by atoms with E-state index in [9.17, 15) is 4.79 Å². The van der Waals surface area contributed by atoms with E-state index in [-0.39, 0.29) is 12.5 Å². The van der Waals surface area contributed by atoms with Gasteiger partial charge < -0.3 is 15.5 Å². The predicted octanol–water partition coefficient (Wildman–Crippen LogP) is 0.786. The monoisotopic (exact) mass is 342 g/mol. The Labute approximate surface area is 148 Å². The molecule has 2 N–H and O–H groups in total. The lowest BCUT2D eigenvalue weighted by atomic mass is 10.1. The minimum Gasteiger partial charge on any atom is -0.356 e. The van der Waals surface area contributed by atoms with Crippen LogP contribution in [-0.4, -0.2) is 53.7 Å². The Morgan fingerprint density at radius 3 is 2.60 bits per heavy atom. The Morgan fingerprint density at radius 1 is 1.20 bits per heavy atom. The van der Waals surface area contributed by atoms with Crippen molar-refractivity contribution >= 4 is 11.9 Å². The topological polar surface area (TPSA) is 74.5 Å². The second kappa shape index (κ2) is 9.46. The fourth-order valence-corrected chi connectivity index (χ4v) is 2.18. The number of nitrogens with one attached hydrogen (secondary N) is 2. The van der Waals surface area contributed by atoms with E-state index in [1.54, 1.807) is 29.9 Å². The first-order valence-corrected chi connectivity index (χ1v) is 8.29. The highest BCUT2D eigenvalue weighted by atomic mass is 16.2. The predicted molar refractivity (Wildman–Crippen MR) is 99.2 cm³/mol. The van der Waals surface area contributed by atoms with Crippen LogP contribution < -0.4 is 10.6 Å². The maximum absolute atomic E-state index is 11.8. The van der Waals surface area contributed by atoms with Gasteiger partial charge in [0.15, 0.2) is 5.96 Å². The molecule has 0 radical (unpaired) electrons. The van der Waals surface area contributed by atoms with Gasteiger partial charge in [0.05, 0.1) is 18.8 Å². The fourth-order valence-electron chi connectivity index (χ4n) is 2.18. The van der Waals surface area contributed by atoms with Crippen LogP contribution in [0.2, 0.25) is 0 Å². The fraction of sp³-hybridized carbons (Fsp3) is 0.389. The number of amides is 1. The highest BCUT2D eigenvalue weighted by molar-refractivity contribution is 5.86. The van der Waals surface area contributed by atoms with Crippen LogP contribution in [0.25, 0.3) is 0 Å². The van der Waals surface area contributed by atoms with E-state index < -0.39 is 0 Å². The second-order valence-corrected chi connectivity index (χ2v) is 5.92. The van der Waals surface area contributed by atoms with Crippen LogP contribution in [0.5, 0.6) is 0 Å². The van der Waals surface area contributed by atoms with Crippen LogP contribution in [-0.2, 0) is 24.8 Å². The molecule has 0 saturated heterocycles. The number of likely N-dealkylation sites (N-methyl/N-ethyl adjacent to an activating group) is 1. The van der Waals surface area contributed by atoms with Crippen LogP contribution in [0.15, 0.2) is 47.6 Å². The van der Waals surface area contributed by atoms with Crippen molar-refractivity contribution in [1.29, 1.82) is 0 Å². The molecule has 0 aliphatic rings. The van der Waals surface area contributed by atoms with Crippen molar-refractivity contribution < 1.29 is 4.79 Å². The summed E-state index contributed by atoms with van der Waals surface area (Å²) in [6.45, 7) is 1.43. The molecule has 0 atom stereocenters. The van der Waals surface area contributed by atoms with E-state index in [1.807, 2.05) is 31.3 Å². The molecule has 0 unspecified atom stereocenters. The summed E-state index contributed by atoms with van der Waals surface area (Å²) < 4.78 is 1.79. The first-order valence-electron chi connectivity index (χ1n) is 8.29. The van der Waals surface area contributed by atoms with Gasteiger partial charge >= 0.3 is 0 Å². The second-order valence-electron chi connectivity index (χ2n) is 5.92. The Hall–Kier alpha value is -2.83. The average molecular weight is 342 g/mol. The molecule has 1 amide bonds. The maximum atomic E-state index is 11.8. The molecule has 1 aromatic heterocycles. The van der Waals surface area contributed by atoms with Crippen LogP contribution >= 0.6 is 0 Å².